The van der Waals surface area contributed by atoms with E-state index in [1.807, 2.05) is 6.07 Å². The zero-order valence-electron chi connectivity index (χ0n) is 9.91. The molecule has 0 saturated carbocycles. The van der Waals surface area contributed by atoms with Gasteiger partial charge in [-0.25, -0.2) is 8.78 Å². The number of ether oxygens (including phenoxy) is 1. The van der Waals surface area contributed by atoms with Crippen LogP contribution in [0.2, 0.25) is 0 Å². The van der Waals surface area contributed by atoms with Crippen LogP contribution in [0.4, 0.5) is 8.78 Å². The molecule has 1 rings (SSSR count). The molecule has 0 bridgehead atoms. The number of methoxy groups -OCH3 is 1. The highest BCUT2D eigenvalue weighted by Gasteiger charge is 2.26. The second-order valence-electron chi connectivity index (χ2n) is 3.76. The third-order valence-electron chi connectivity index (χ3n) is 2.33. The molecule has 1 aromatic carbocycles. The van der Waals surface area contributed by atoms with Gasteiger partial charge in [0, 0.05) is 6.54 Å². The summed E-state index contributed by atoms with van der Waals surface area (Å²) >= 11 is 0. The minimum atomic E-state index is -3.13. The average molecular weight is 256 g/mol. The third kappa shape index (κ3) is 3.95. The normalized spacial score (nSPS) is 11.1. The van der Waals surface area contributed by atoms with E-state index >= 15 is 0 Å². The molecule has 0 atom stereocenters. The molecule has 0 amide bonds. The first-order valence-corrected chi connectivity index (χ1v) is 5.29. The molecule has 0 aliphatic heterocycles. The van der Waals surface area contributed by atoms with E-state index in [-0.39, 0.29) is 6.54 Å². The van der Waals surface area contributed by atoms with Crippen molar-refractivity contribution in [1.82, 2.24) is 5.32 Å². The van der Waals surface area contributed by atoms with Crippen LogP contribution in [0, 0.1) is 11.3 Å². The summed E-state index contributed by atoms with van der Waals surface area (Å²) in [6.07, 6.45) is 0. The summed E-state index contributed by atoms with van der Waals surface area (Å²) in [7, 11) is 1.45. The van der Waals surface area contributed by atoms with Gasteiger partial charge in [-0.1, -0.05) is 6.07 Å². The number of benzene rings is 1. The molecule has 4 nitrogen and oxygen atoms in total. The van der Waals surface area contributed by atoms with Crippen molar-refractivity contribution in [2.75, 3.05) is 20.3 Å². The summed E-state index contributed by atoms with van der Waals surface area (Å²) in [6.45, 7) is -1.61. The first-order chi connectivity index (χ1) is 8.52. The molecule has 0 unspecified atom stereocenters. The zero-order chi connectivity index (χ0) is 13.6. The quantitative estimate of drug-likeness (QED) is 0.804. The molecule has 18 heavy (non-hydrogen) atoms. The second kappa shape index (κ2) is 6.28. The van der Waals surface area contributed by atoms with Gasteiger partial charge in [-0.05, 0) is 17.7 Å². The fraction of sp³-hybridized carbons (Fsp3) is 0.417. The minimum Gasteiger partial charge on any atom is -0.495 e. The first kappa shape index (κ1) is 14.4. The van der Waals surface area contributed by atoms with Crippen LogP contribution in [0.5, 0.6) is 5.75 Å². The van der Waals surface area contributed by atoms with Gasteiger partial charge < -0.3 is 15.2 Å². The molecule has 0 aliphatic carbocycles. The molecule has 0 fully saturated rings. The van der Waals surface area contributed by atoms with Gasteiger partial charge in [-0.2, -0.15) is 5.26 Å². The lowest BCUT2D eigenvalue weighted by molar-refractivity contribution is -0.0477. The van der Waals surface area contributed by atoms with Gasteiger partial charge in [0.25, 0.3) is 5.92 Å². The topological polar surface area (TPSA) is 65.3 Å². The highest BCUT2D eigenvalue weighted by molar-refractivity contribution is 5.45. The monoisotopic (exact) mass is 256 g/mol. The molecule has 98 valence electrons. The number of halogens is 2. The molecular weight excluding hydrogens is 242 g/mol. The number of nitrogens with zero attached hydrogens (tertiary/aromatic N) is 1. The molecule has 0 spiro atoms. The van der Waals surface area contributed by atoms with Crippen LogP contribution < -0.4 is 10.1 Å². The molecular formula is C12H14F2N2O2. The Hall–Kier alpha value is -1.71. The molecule has 0 radical (unpaired) electrons. The fourth-order valence-corrected chi connectivity index (χ4v) is 1.40. The summed E-state index contributed by atoms with van der Waals surface area (Å²) < 4.78 is 30.4. The number of rotatable bonds is 6. The van der Waals surface area contributed by atoms with Crippen molar-refractivity contribution in [2.45, 2.75) is 12.5 Å². The maximum atomic E-state index is 12.7. The van der Waals surface area contributed by atoms with Crippen LogP contribution in [-0.2, 0) is 6.54 Å². The van der Waals surface area contributed by atoms with Crippen LogP contribution in [0.15, 0.2) is 18.2 Å². The summed E-state index contributed by atoms with van der Waals surface area (Å²) in [5.74, 6) is -2.69. The summed E-state index contributed by atoms with van der Waals surface area (Å²) in [5, 5.41) is 19.8. The zero-order valence-corrected chi connectivity index (χ0v) is 9.91. The van der Waals surface area contributed by atoms with Gasteiger partial charge in [-0.3, -0.25) is 0 Å². The molecule has 0 aromatic heterocycles. The smallest absolute Gasteiger partial charge is 0.282 e. The van der Waals surface area contributed by atoms with Crippen LogP contribution >= 0.6 is 0 Å². The lowest BCUT2D eigenvalue weighted by atomic mass is 10.1. The SMILES string of the molecule is COc1ccc(CNCC(F)(F)CO)cc1C#N. The minimum absolute atomic E-state index is 0.189. The average Bonchev–Trinajstić information content (AvgIpc) is 2.38. The molecule has 0 aliphatic rings. The Morgan fingerprint density at radius 1 is 1.50 bits per heavy atom. The largest absolute Gasteiger partial charge is 0.495 e. The number of alkyl halides is 2. The predicted molar refractivity (Wildman–Crippen MR) is 61.4 cm³/mol. The Kier molecular flexibility index (Phi) is 5.01. The number of nitrogens with one attached hydrogen (secondary N) is 1. The summed E-state index contributed by atoms with van der Waals surface area (Å²) in [6, 6.07) is 6.83. The Morgan fingerprint density at radius 3 is 2.78 bits per heavy atom. The van der Waals surface area contributed by atoms with E-state index in [1.54, 1.807) is 18.2 Å². The van der Waals surface area contributed by atoms with Gasteiger partial charge in [0.1, 0.15) is 18.4 Å². The fourth-order valence-electron chi connectivity index (χ4n) is 1.40. The van der Waals surface area contributed by atoms with E-state index in [2.05, 4.69) is 5.32 Å². The highest BCUT2D eigenvalue weighted by Crippen LogP contribution is 2.19. The molecule has 6 heteroatoms. The Morgan fingerprint density at radius 2 is 2.22 bits per heavy atom. The second-order valence-corrected chi connectivity index (χ2v) is 3.76. The van der Waals surface area contributed by atoms with Gasteiger partial charge >= 0.3 is 0 Å². The first-order valence-electron chi connectivity index (χ1n) is 5.29. The van der Waals surface area contributed by atoms with Crippen molar-refractivity contribution in [3.05, 3.63) is 29.3 Å². The lowest BCUT2D eigenvalue weighted by Crippen LogP contribution is -2.35. The Labute approximate surface area is 104 Å². The standard InChI is InChI=1S/C12H14F2N2O2/c1-18-11-3-2-9(4-10(11)5-15)6-16-7-12(13,14)8-17/h2-4,16-17H,6-8H2,1H3. The van der Waals surface area contributed by atoms with Gasteiger partial charge in [0.05, 0.1) is 19.2 Å². The highest BCUT2D eigenvalue weighted by atomic mass is 19.3. The lowest BCUT2D eigenvalue weighted by Gasteiger charge is -2.14. The van der Waals surface area contributed by atoms with Crippen LogP contribution in [0.1, 0.15) is 11.1 Å². The molecule has 0 saturated heterocycles. The maximum Gasteiger partial charge on any atom is 0.282 e. The van der Waals surface area contributed by atoms with E-state index in [0.29, 0.717) is 16.9 Å². The van der Waals surface area contributed by atoms with Crippen LogP contribution in [-0.4, -0.2) is 31.3 Å². The molecule has 1 aromatic rings. The van der Waals surface area contributed by atoms with Crippen molar-refractivity contribution < 1.29 is 18.6 Å². The number of nitriles is 1. The summed E-state index contributed by atoms with van der Waals surface area (Å²) in [4.78, 5) is 0. The number of aliphatic hydroxyl groups excluding tert-OH is 1. The summed E-state index contributed by atoms with van der Waals surface area (Å²) in [5.41, 5.74) is 1.05. The molecule has 0 heterocycles. The molecule has 2 N–H and O–H groups in total. The van der Waals surface area contributed by atoms with Crippen LogP contribution in [0.3, 0.4) is 0 Å². The number of aliphatic hydroxyl groups is 1. The van der Waals surface area contributed by atoms with Crippen molar-refractivity contribution in [3.8, 4) is 11.8 Å². The van der Waals surface area contributed by atoms with Crippen molar-refractivity contribution in [3.63, 3.8) is 0 Å². The van der Waals surface area contributed by atoms with E-state index < -0.39 is 19.1 Å². The van der Waals surface area contributed by atoms with Gasteiger partial charge in [-0.15, -0.1) is 0 Å². The van der Waals surface area contributed by atoms with E-state index in [9.17, 15) is 8.78 Å². The van der Waals surface area contributed by atoms with E-state index in [0.717, 1.165) is 0 Å². The predicted octanol–water partition coefficient (Wildman–Crippen LogP) is 1.28. The van der Waals surface area contributed by atoms with Crippen molar-refractivity contribution >= 4 is 0 Å². The maximum absolute atomic E-state index is 12.7. The van der Waals surface area contributed by atoms with E-state index in [1.165, 1.54) is 7.11 Å². The number of hydrogen-bond acceptors (Lipinski definition) is 4. The Balaban J connectivity index is 2.62. The van der Waals surface area contributed by atoms with E-state index in [4.69, 9.17) is 15.1 Å². The van der Waals surface area contributed by atoms with Crippen molar-refractivity contribution in [2.24, 2.45) is 0 Å². The van der Waals surface area contributed by atoms with Crippen LogP contribution in [0.25, 0.3) is 0 Å². The Bertz CT molecular complexity index is 444. The number of hydrogen-bond donors (Lipinski definition) is 2. The third-order valence-corrected chi connectivity index (χ3v) is 2.33. The van der Waals surface area contributed by atoms with Gasteiger partial charge in [0.15, 0.2) is 0 Å². The van der Waals surface area contributed by atoms with Crippen molar-refractivity contribution in [1.29, 1.82) is 5.26 Å². The van der Waals surface area contributed by atoms with Gasteiger partial charge in [0.2, 0.25) is 0 Å².